The van der Waals surface area contributed by atoms with Crippen molar-refractivity contribution in [1.29, 1.82) is 0 Å². The fourth-order valence-electron chi connectivity index (χ4n) is 3.37. The van der Waals surface area contributed by atoms with Crippen LogP contribution in [0.5, 0.6) is 0 Å². The van der Waals surface area contributed by atoms with Crippen LogP contribution in [0, 0.1) is 0 Å². The Balaban J connectivity index is 1.44. The van der Waals surface area contributed by atoms with Crippen molar-refractivity contribution in [1.82, 2.24) is 15.2 Å². The fourth-order valence-corrected chi connectivity index (χ4v) is 3.37. The molecule has 0 spiro atoms. The number of carbonyl (C=O) groups excluding carboxylic acids is 2. The van der Waals surface area contributed by atoms with Crippen LogP contribution in [0.25, 0.3) is 10.9 Å². The lowest BCUT2D eigenvalue weighted by molar-refractivity contribution is -0.127. The van der Waals surface area contributed by atoms with Gasteiger partial charge in [-0.15, -0.1) is 0 Å². The maximum absolute atomic E-state index is 12.6. The Morgan fingerprint density at radius 3 is 2.88 bits per heavy atom. The summed E-state index contributed by atoms with van der Waals surface area (Å²) in [5, 5.41) is 7.24. The highest BCUT2D eigenvalue weighted by Gasteiger charge is 2.25. The number of nitrogens with zero attached hydrogens (tertiary/aromatic N) is 2. The predicted molar refractivity (Wildman–Crippen MR) is 101 cm³/mol. The molecule has 0 bridgehead atoms. The Hall–Kier alpha value is -2.63. The minimum atomic E-state index is -0.0307. The molecule has 1 saturated carbocycles. The van der Waals surface area contributed by atoms with Gasteiger partial charge >= 0.3 is 0 Å². The van der Waals surface area contributed by atoms with E-state index >= 15 is 0 Å². The first-order valence-electron chi connectivity index (χ1n) is 9.43. The average Bonchev–Trinajstić information content (AvgIpc) is 3.37. The highest BCUT2D eigenvalue weighted by molar-refractivity contribution is 6.07. The number of para-hydroxylation sites is 1. The molecule has 2 aromatic rings. The third-order valence-electron chi connectivity index (χ3n) is 4.96. The van der Waals surface area contributed by atoms with E-state index in [0.29, 0.717) is 23.8 Å². The number of aromatic nitrogens is 1. The Bertz CT molecular complexity index is 832. The van der Waals surface area contributed by atoms with Crippen LogP contribution < -0.4 is 10.6 Å². The van der Waals surface area contributed by atoms with Crippen LogP contribution in [0.2, 0.25) is 0 Å². The van der Waals surface area contributed by atoms with Crippen molar-refractivity contribution in [3.63, 3.8) is 0 Å². The summed E-state index contributed by atoms with van der Waals surface area (Å²) in [6.07, 6.45) is 4.64. The molecule has 0 atom stereocenters. The van der Waals surface area contributed by atoms with E-state index in [9.17, 15) is 9.59 Å². The number of rotatable bonds is 7. The molecule has 2 heterocycles. The first-order chi connectivity index (χ1) is 12.7. The summed E-state index contributed by atoms with van der Waals surface area (Å²) in [7, 11) is 0. The minimum Gasteiger partial charge on any atom is -0.370 e. The Morgan fingerprint density at radius 1 is 1.27 bits per heavy atom. The fraction of sp³-hybridized carbons (Fsp3) is 0.450. The van der Waals surface area contributed by atoms with E-state index in [1.165, 1.54) is 0 Å². The number of benzene rings is 1. The number of nitrogens with one attached hydrogen (secondary N) is 2. The largest absolute Gasteiger partial charge is 0.370 e. The molecule has 1 aliphatic carbocycles. The zero-order valence-electron chi connectivity index (χ0n) is 14.8. The predicted octanol–water partition coefficient (Wildman–Crippen LogP) is 2.55. The summed E-state index contributed by atoms with van der Waals surface area (Å²) in [5.41, 5.74) is 1.48. The van der Waals surface area contributed by atoms with E-state index in [1.54, 1.807) is 0 Å². The van der Waals surface area contributed by atoms with Crippen molar-refractivity contribution < 1.29 is 9.59 Å². The molecule has 6 heteroatoms. The molecule has 1 aromatic carbocycles. The molecule has 26 heavy (non-hydrogen) atoms. The number of anilines is 1. The van der Waals surface area contributed by atoms with Crippen molar-refractivity contribution in [3.8, 4) is 0 Å². The summed E-state index contributed by atoms with van der Waals surface area (Å²) in [6, 6.07) is 9.88. The van der Waals surface area contributed by atoms with Gasteiger partial charge in [-0.25, -0.2) is 4.98 Å². The van der Waals surface area contributed by atoms with Gasteiger partial charge in [0, 0.05) is 37.5 Å². The van der Waals surface area contributed by atoms with Gasteiger partial charge in [-0.05, 0) is 37.8 Å². The van der Waals surface area contributed by atoms with Gasteiger partial charge < -0.3 is 15.5 Å². The van der Waals surface area contributed by atoms with Crippen LogP contribution >= 0.6 is 0 Å². The zero-order chi connectivity index (χ0) is 17.9. The summed E-state index contributed by atoms with van der Waals surface area (Å²) in [4.78, 5) is 30.8. The van der Waals surface area contributed by atoms with E-state index in [0.717, 1.165) is 56.2 Å². The quantitative estimate of drug-likeness (QED) is 0.751. The van der Waals surface area contributed by atoms with Crippen LogP contribution in [-0.4, -0.2) is 47.4 Å². The lowest BCUT2D eigenvalue weighted by atomic mass is 10.1. The molecule has 2 amide bonds. The van der Waals surface area contributed by atoms with Gasteiger partial charge in [-0.3, -0.25) is 9.59 Å². The molecule has 136 valence electrons. The third-order valence-corrected chi connectivity index (χ3v) is 4.96. The summed E-state index contributed by atoms with van der Waals surface area (Å²) in [5.74, 6) is 0.932. The van der Waals surface area contributed by atoms with Gasteiger partial charge in [0.1, 0.15) is 5.82 Å². The van der Waals surface area contributed by atoms with Gasteiger partial charge in [0.05, 0.1) is 11.1 Å². The number of amides is 2. The molecule has 2 N–H and O–H groups in total. The molecular formula is C20H24N4O2. The van der Waals surface area contributed by atoms with E-state index < -0.39 is 0 Å². The van der Waals surface area contributed by atoms with Gasteiger partial charge in [0.15, 0.2) is 0 Å². The molecular weight excluding hydrogens is 328 g/mol. The van der Waals surface area contributed by atoms with Gasteiger partial charge in [-0.1, -0.05) is 18.2 Å². The highest BCUT2D eigenvalue weighted by Crippen LogP contribution is 2.24. The third kappa shape index (κ3) is 3.79. The Morgan fingerprint density at radius 2 is 2.12 bits per heavy atom. The molecule has 1 saturated heterocycles. The molecule has 2 aliphatic rings. The van der Waals surface area contributed by atoms with E-state index in [2.05, 4.69) is 15.6 Å². The topological polar surface area (TPSA) is 74.3 Å². The van der Waals surface area contributed by atoms with E-state index in [-0.39, 0.29) is 11.8 Å². The van der Waals surface area contributed by atoms with Crippen molar-refractivity contribution in [3.05, 3.63) is 35.9 Å². The van der Waals surface area contributed by atoms with Gasteiger partial charge in [0.25, 0.3) is 5.91 Å². The monoisotopic (exact) mass is 352 g/mol. The summed E-state index contributed by atoms with van der Waals surface area (Å²) >= 11 is 0. The van der Waals surface area contributed by atoms with Crippen molar-refractivity contribution in [2.45, 2.75) is 38.1 Å². The van der Waals surface area contributed by atoms with Crippen LogP contribution in [0.1, 0.15) is 42.5 Å². The van der Waals surface area contributed by atoms with E-state index in [4.69, 9.17) is 0 Å². The van der Waals surface area contributed by atoms with Crippen LogP contribution in [-0.2, 0) is 4.79 Å². The highest BCUT2D eigenvalue weighted by atomic mass is 16.2. The van der Waals surface area contributed by atoms with Gasteiger partial charge in [-0.2, -0.15) is 0 Å². The number of hydrogen-bond acceptors (Lipinski definition) is 4. The number of likely N-dealkylation sites (tertiary alicyclic amines) is 1. The maximum Gasteiger partial charge on any atom is 0.252 e. The smallest absolute Gasteiger partial charge is 0.252 e. The second-order valence-electron chi connectivity index (χ2n) is 7.08. The lowest BCUT2D eigenvalue weighted by Crippen LogP contribution is -2.27. The van der Waals surface area contributed by atoms with E-state index in [1.807, 2.05) is 35.2 Å². The normalized spacial score (nSPS) is 16.9. The Kier molecular flexibility index (Phi) is 4.73. The number of fused-ring (bicyclic) bond motifs is 1. The standard InChI is InChI=1S/C20H24N4O2/c25-19-7-3-11-24(19)12-4-10-21-18-13-16(20(26)22-14-8-9-14)15-5-1-2-6-17(15)23-18/h1-2,5-6,13-14H,3-4,7-12H2,(H,21,23)(H,22,26). The van der Waals surface area contributed by atoms with Crippen molar-refractivity contribution >= 4 is 28.5 Å². The SMILES string of the molecule is O=C(NC1CC1)c1cc(NCCCN2CCCC2=O)nc2ccccc12. The van der Waals surface area contributed by atoms with Crippen molar-refractivity contribution in [2.24, 2.45) is 0 Å². The summed E-state index contributed by atoms with van der Waals surface area (Å²) < 4.78 is 0. The molecule has 1 aliphatic heterocycles. The van der Waals surface area contributed by atoms with Gasteiger partial charge in [0.2, 0.25) is 5.91 Å². The Labute approximate surface area is 153 Å². The van der Waals surface area contributed by atoms with Crippen LogP contribution in [0.15, 0.2) is 30.3 Å². The second-order valence-corrected chi connectivity index (χ2v) is 7.08. The average molecular weight is 352 g/mol. The zero-order valence-corrected chi connectivity index (χ0v) is 14.8. The van der Waals surface area contributed by atoms with Crippen LogP contribution in [0.3, 0.4) is 0 Å². The first kappa shape index (κ1) is 16.8. The van der Waals surface area contributed by atoms with Crippen LogP contribution in [0.4, 0.5) is 5.82 Å². The minimum absolute atomic E-state index is 0.0307. The second kappa shape index (κ2) is 7.32. The molecule has 2 fully saturated rings. The number of pyridine rings is 1. The molecule has 1 aromatic heterocycles. The number of hydrogen-bond donors (Lipinski definition) is 2. The molecule has 0 unspecified atom stereocenters. The first-order valence-corrected chi connectivity index (χ1v) is 9.43. The lowest BCUT2D eigenvalue weighted by Gasteiger charge is -2.16. The summed E-state index contributed by atoms with van der Waals surface area (Å²) in [6.45, 7) is 2.37. The molecule has 6 nitrogen and oxygen atoms in total. The number of carbonyl (C=O) groups is 2. The van der Waals surface area contributed by atoms with Crippen molar-refractivity contribution in [2.75, 3.05) is 25.0 Å². The maximum atomic E-state index is 12.6. The molecule has 0 radical (unpaired) electrons. The molecule has 4 rings (SSSR count).